The van der Waals surface area contributed by atoms with Crippen LogP contribution < -0.4 is 16.0 Å². The summed E-state index contributed by atoms with van der Waals surface area (Å²) in [6.45, 7) is 5.76. The topological polar surface area (TPSA) is 125 Å². The van der Waals surface area contributed by atoms with Crippen LogP contribution >= 0.6 is 0 Å². The maximum atomic E-state index is 12.8. The number of carbonyl (C=O) groups excluding carboxylic acids is 5. The summed E-state index contributed by atoms with van der Waals surface area (Å²) in [6, 6.07) is 3.78. The second-order valence-corrected chi connectivity index (χ2v) is 6.66. The number of amides is 5. The highest BCUT2D eigenvalue weighted by molar-refractivity contribution is 6.13. The van der Waals surface area contributed by atoms with Crippen LogP contribution in [0.25, 0.3) is 0 Å². The molecule has 0 bridgehead atoms. The van der Waals surface area contributed by atoms with Gasteiger partial charge in [-0.25, -0.2) is 4.79 Å². The average molecular weight is 388 g/mol. The van der Waals surface area contributed by atoms with Crippen LogP contribution in [0.1, 0.15) is 50.9 Å². The minimum absolute atomic E-state index is 0.135. The van der Waals surface area contributed by atoms with Gasteiger partial charge in [-0.05, 0) is 31.0 Å². The number of hydrogen-bond donors (Lipinski definition) is 3. The summed E-state index contributed by atoms with van der Waals surface area (Å²) in [7, 11) is 0. The van der Waals surface area contributed by atoms with E-state index in [1.165, 1.54) is 32.0 Å². The molecule has 0 atom stereocenters. The van der Waals surface area contributed by atoms with Gasteiger partial charge in [0.2, 0.25) is 11.8 Å². The van der Waals surface area contributed by atoms with Crippen molar-refractivity contribution < 1.29 is 24.0 Å². The SMILES string of the molecule is CCC1(CC)NC(=O)N(CC(=O)c2ccc(NC(C)=O)cc2NC(C)=O)C1=O. The molecule has 0 radical (unpaired) electrons. The van der Waals surface area contributed by atoms with E-state index in [4.69, 9.17) is 0 Å². The molecule has 0 aromatic heterocycles. The van der Waals surface area contributed by atoms with Gasteiger partial charge in [0, 0.05) is 25.1 Å². The quantitative estimate of drug-likeness (QED) is 0.486. The van der Waals surface area contributed by atoms with Crippen molar-refractivity contribution in [1.82, 2.24) is 10.2 Å². The molecule has 150 valence electrons. The molecule has 1 saturated heterocycles. The number of anilines is 2. The summed E-state index contributed by atoms with van der Waals surface area (Å²) in [5.41, 5.74) is -0.269. The van der Waals surface area contributed by atoms with E-state index in [-0.39, 0.29) is 17.2 Å². The average Bonchev–Trinajstić information content (AvgIpc) is 2.85. The largest absolute Gasteiger partial charge is 0.326 e. The van der Waals surface area contributed by atoms with Crippen molar-refractivity contribution in [2.75, 3.05) is 17.2 Å². The molecule has 1 aromatic rings. The van der Waals surface area contributed by atoms with E-state index in [1.54, 1.807) is 13.8 Å². The van der Waals surface area contributed by atoms with Gasteiger partial charge in [0.15, 0.2) is 5.78 Å². The number of carbonyl (C=O) groups is 5. The Labute approximate surface area is 162 Å². The maximum Gasteiger partial charge on any atom is 0.325 e. The number of benzene rings is 1. The molecule has 0 unspecified atom stereocenters. The standard InChI is InChI=1S/C19H24N4O5/c1-5-19(6-2)17(27)23(18(28)22-19)10-16(26)14-8-7-13(20-11(3)24)9-15(14)21-12(4)25/h7-9H,5-6,10H2,1-4H3,(H,20,24)(H,21,25)(H,22,28). The number of imide groups is 1. The van der Waals surface area contributed by atoms with E-state index in [1.807, 2.05) is 0 Å². The molecule has 0 saturated carbocycles. The van der Waals surface area contributed by atoms with Crippen LogP contribution in [-0.4, -0.2) is 46.5 Å². The number of nitrogens with zero attached hydrogens (tertiary/aromatic N) is 1. The molecule has 2 rings (SSSR count). The lowest BCUT2D eigenvalue weighted by Gasteiger charge is -2.23. The molecule has 9 heteroatoms. The third-order valence-corrected chi connectivity index (χ3v) is 4.71. The van der Waals surface area contributed by atoms with Gasteiger partial charge in [0.25, 0.3) is 5.91 Å². The zero-order valence-electron chi connectivity index (χ0n) is 16.3. The second kappa shape index (κ2) is 8.20. The molecule has 0 aliphatic carbocycles. The van der Waals surface area contributed by atoms with Crippen molar-refractivity contribution in [2.45, 2.75) is 46.1 Å². The van der Waals surface area contributed by atoms with Crippen molar-refractivity contribution in [3.63, 3.8) is 0 Å². The van der Waals surface area contributed by atoms with Gasteiger partial charge in [-0.3, -0.25) is 24.1 Å². The first-order valence-electron chi connectivity index (χ1n) is 9.00. The van der Waals surface area contributed by atoms with Gasteiger partial charge in [-0.15, -0.1) is 0 Å². The Bertz CT molecular complexity index is 845. The minimum atomic E-state index is -0.993. The minimum Gasteiger partial charge on any atom is -0.326 e. The molecule has 1 heterocycles. The molecule has 1 aromatic carbocycles. The van der Waals surface area contributed by atoms with Crippen molar-refractivity contribution in [2.24, 2.45) is 0 Å². The highest BCUT2D eigenvalue weighted by Crippen LogP contribution is 2.27. The predicted molar refractivity (Wildman–Crippen MR) is 103 cm³/mol. The van der Waals surface area contributed by atoms with Crippen LogP contribution in [0.4, 0.5) is 16.2 Å². The molecule has 28 heavy (non-hydrogen) atoms. The van der Waals surface area contributed by atoms with Gasteiger partial charge in [-0.2, -0.15) is 0 Å². The summed E-state index contributed by atoms with van der Waals surface area (Å²) < 4.78 is 0. The van der Waals surface area contributed by atoms with E-state index >= 15 is 0 Å². The molecule has 1 aliphatic rings. The molecule has 0 spiro atoms. The van der Waals surface area contributed by atoms with E-state index < -0.39 is 35.7 Å². The van der Waals surface area contributed by atoms with Gasteiger partial charge in [0.1, 0.15) is 5.54 Å². The zero-order chi connectivity index (χ0) is 21.1. The number of Topliss-reactive ketones (excluding diaryl/α,β-unsaturated/α-hetero) is 1. The predicted octanol–water partition coefficient (Wildman–Crippen LogP) is 1.90. The fraction of sp³-hybridized carbons (Fsp3) is 0.421. The Morgan fingerprint density at radius 2 is 1.64 bits per heavy atom. The second-order valence-electron chi connectivity index (χ2n) is 6.66. The first kappa shape index (κ1) is 21.1. The smallest absolute Gasteiger partial charge is 0.325 e. The lowest BCUT2D eigenvalue weighted by atomic mass is 9.93. The Morgan fingerprint density at radius 1 is 1.04 bits per heavy atom. The van der Waals surface area contributed by atoms with E-state index in [0.717, 1.165) is 4.90 Å². The molecule has 1 fully saturated rings. The van der Waals surface area contributed by atoms with Crippen molar-refractivity contribution in [1.29, 1.82) is 0 Å². The third kappa shape index (κ3) is 4.19. The summed E-state index contributed by atoms with van der Waals surface area (Å²) in [5.74, 6) is -1.65. The summed E-state index contributed by atoms with van der Waals surface area (Å²) in [6.07, 6.45) is 0.836. The molecular weight excluding hydrogens is 364 g/mol. The van der Waals surface area contributed by atoms with E-state index in [0.29, 0.717) is 18.5 Å². The zero-order valence-corrected chi connectivity index (χ0v) is 16.3. The van der Waals surface area contributed by atoms with Crippen LogP contribution in [0, 0.1) is 0 Å². The monoisotopic (exact) mass is 388 g/mol. The van der Waals surface area contributed by atoms with E-state index in [2.05, 4.69) is 16.0 Å². The summed E-state index contributed by atoms with van der Waals surface area (Å²) in [5, 5.41) is 7.78. The summed E-state index contributed by atoms with van der Waals surface area (Å²) >= 11 is 0. The highest BCUT2D eigenvalue weighted by atomic mass is 16.2. The first-order valence-corrected chi connectivity index (χ1v) is 9.00. The molecule has 3 N–H and O–H groups in total. The van der Waals surface area contributed by atoms with Crippen LogP contribution in [0.2, 0.25) is 0 Å². The van der Waals surface area contributed by atoms with Crippen molar-refractivity contribution in [3.8, 4) is 0 Å². The maximum absolute atomic E-state index is 12.8. The number of urea groups is 1. The normalized spacial score (nSPS) is 15.2. The lowest BCUT2D eigenvalue weighted by Crippen LogP contribution is -2.46. The number of rotatable bonds is 7. The van der Waals surface area contributed by atoms with Crippen LogP contribution in [-0.2, 0) is 14.4 Å². The number of nitrogens with one attached hydrogen (secondary N) is 3. The molecule has 1 aliphatic heterocycles. The van der Waals surface area contributed by atoms with Crippen LogP contribution in [0.5, 0.6) is 0 Å². The lowest BCUT2D eigenvalue weighted by molar-refractivity contribution is -0.131. The van der Waals surface area contributed by atoms with Gasteiger partial charge >= 0.3 is 6.03 Å². The Morgan fingerprint density at radius 3 is 2.14 bits per heavy atom. The Kier molecular flexibility index (Phi) is 6.17. The highest BCUT2D eigenvalue weighted by Gasteiger charge is 2.49. The molecule has 5 amide bonds. The van der Waals surface area contributed by atoms with Gasteiger partial charge < -0.3 is 16.0 Å². The van der Waals surface area contributed by atoms with Gasteiger partial charge in [0.05, 0.1) is 12.2 Å². The van der Waals surface area contributed by atoms with E-state index in [9.17, 15) is 24.0 Å². The number of hydrogen-bond acceptors (Lipinski definition) is 5. The fourth-order valence-electron chi connectivity index (χ4n) is 3.14. The van der Waals surface area contributed by atoms with Crippen LogP contribution in [0.15, 0.2) is 18.2 Å². The Hall–Kier alpha value is -3.23. The van der Waals surface area contributed by atoms with Crippen molar-refractivity contribution in [3.05, 3.63) is 23.8 Å². The summed E-state index contributed by atoms with van der Waals surface area (Å²) in [4.78, 5) is 61.4. The van der Waals surface area contributed by atoms with Crippen LogP contribution in [0.3, 0.4) is 0 Å². The fourth-order valence-corrected chi connectivity index (χ4v) is 3.14. The molecular formula is C19H24N4O5. The number of ketones is 1. The Balaban J connectivity index is 2.30. The van der Waals surface area contributed by atoms with Crippen molar-refractivity contribution >= 4 is 40.9 Å². The first-order chi connectivity index (χ1) is 13.1. The molecule has 9 nitrogen and oxygen atoms in total. The van der Waals surface area contributed by atoms with Gasteiger partial charge in [-0.1, -0.05) is 13.8 Å². The third-order valence-electron chi connectivity index (χ3n) is 4.71.